The Morgan fingerprint density at radius 2 is 1.89 bits per heavy atom. The van der Waals surface area contributed by atoms with Crippen molar-refractivity contribution in [3.8, 4) is 11.1 Å². The molecular formula is C22H24N2O4. The Balaban J connectivity index is 1.63. The van der Waals surface area contributed by atoms with Gasteiger partial charge in [-0.2, -0.15) is 0 Å². The molecule has 0 radical (unpaired) electrons. The van der Waals surface area contributed by atoms with Gasteiger partial charge in [0.05, 0.1) is 18.0 Å². The van der Waals surface area contributed by atoms with Crippen LogP contribution in [0.2, 0.25) is 0 Å². The van der Waals surface area contributed by atoms with Gasteiger partial charge in [-0.15, -0.1) is 0 Å². The number of carbonyl (C=O) groups excluding carboxylic acids is 1. The van der Waals surface area contributed by atoms with E-state index in [9.17, 15) is 14.9 Å². The van der Waals surface area contributed by atoms with Gasteiger partial charge in [-0.3, -0.25) is 19.8 Å². The number of piperidine rings is 1. The number of carbonyl (C=O) groups is 1. The molecule has 2 aromatic carbocycles. The minimum atomic E-state index is -0.382. The number of esters is 1. The molecule has 0 aliphatic carbocycles. The van der Waals surface area contributed by atoms with Gasteiger partial charge >= 0.3 is 5.97 Å². The molecule has 0 amide bonds. The first-order valence-electron chi connectivity index (χ1n) is 9.64. The van der Waals surface area contributed by atoms with Gasteiger partial charge in [0, 0.05) is 30.1 Å². The first-order valence-corrected chi connectivity index (χ1v) is 9.64. The van der Waals surface area contributed by atoms with Gasteiger partial charge in [0.2, 0.25) is 0 Å². The summed E-state index contributed by atoms with van der Waals surface area (Å²) in [6, 6.07) is 15.5. The lowest BCUT2D eigenvalue weighted by Gasteiger charge is -2.41. The van der Waals surface area contributed by atoms with Gasteiger partial charge in [-0.05, 0) is 43.0 Å². The first kappa shape index (κ1) is 18.6. The maximum atomic E-state index is 12.6. The lowest BCUT2D eigenvalue weighted by atomic mass is 9.76. The molecule has 6 heteroatoms. The Morgan fingerprint density at radius 1 is 1.14 bits per heavy atom. The van der Waals surface area contributed by atoms with Gasteiger partial charge in [0.15, 0.2) is 0 Å². The number of nitrogens with zero attached hydrogens (tertiary/aromatic N) is 2. The topological polar surface area (TPSA) is 72.7 Å². The first-order chi connectivity index (χ1) is 13.5. The number of fused-ring (bicyclic) bond motifs is 2. The quantitative estimate of drug-likeness (QED) is 0.455. The lowest BCUT2D eigenvalue weighted by Crippen LogP contribution is -2.49. The van der Waals surface area contributed by atoms with E-state index in [0.29, 0.717) is 6.04 Å². The summed E-state index contributed by atoms with van der Waals surface area (Å²) in [7, 11) is 3.58. The molecule has 146 valence electrons. The van der Waals surface area contributed by atoms with E-state index in [2.05, 4.69) is 24.1 Å². The van der Waals surface area contributed by atoms with Crippen molar-refractivity contribution in [1.82, 2.24) is 4.90 Å². The lowest BCUT2D eigenvalue weighted by molar-refractivity contribution is -0.384. The SMILES string of the molecule is COC(=O)[C@H]1[C@@H](c2ccc(-c3cccc([N+](=O)[O-])c3)cc2)C[C@H]2CC[C@H]1N2C. The van der Waals surface area contributed by atoms with Crippen LogP contribution < -0.4 is 0 Å². The van der Waals surface area contributed by atoms with Gasteiger partial charge in [-0.1, -0.05) is 36.4 Å². The van der Waals surface area contributed by atoms with Gasteiger partial charge in [0.25, 0.3) is 5.69 Å². The van der Waals surface area contributed by atoms with E-state index in [1.807, 2.05) is 18.2 Å². The highest BCUT2D eigenvalue weighted by Crippen LogP contribution is 2.46. The third-order valence-electron chi connectivity index (χ3n) is 6.47. The van der Waals surface area contributed by atoms with Crippen LogP contribution in [-0.4, -0.2) is 42.0 Å². The van der Waals surface area contributed by atoms with E-state index < -0.39 is 0 Å². The standard InChI is InChI=1S/C22H24N2O4/c1-23-17-10-11-20(23)21(22(25)28-2)19(13-17)15-8-6-14(7-9-15)16-4-3-5-18(12-16)24(26)27/h3-9,12,17,19-21H,10-11,13H2,1-2H3/t17-,19-,20-,21+/m1/s1. The van der Waals surface area contributed by atoms with E-state index in [1.54, 1.807) is 12.1 Å². The summed E-state index contributed by atoms with van der Waals surface area (Å²) >= 11 is 0. The van der Waals surface area contributed by atoms with E-state index >= 15 is 0 Å². The zero-order valence-corrected chi connectivity index (χ0v) is 16.1. The molecule has 2 aliphatic heterocycles. The van der Waals surface area contributed by atoms with Crippen LogP contribution in [0.15, 0.2) is 48.5 Å². The molecule has 0 N–H and O–H groups in total. The molecule has 2 saturated heterocycles. The van der Waals surface area contributed by atoms with Crippen LogP contribution in [0.5, 0.6) is 0 Å². The molecule has 2 bridgehead atoms. The summed E-state index contributed by atoms with van der Waals surface area (Å²) in [4.78, 5) is 25.5. The van der Waals surface area contributed by atoms with E-state index in [0.717, 1.165) is 36.0 Å². The number of ether oxygens (including phenoxy) is 1. The molecule has 0 aromatic heterocycles. The molecule has 0 spiro atoms. The normalized spacial score (nSPS) is 26.8. The van der Waals surface area contributed by atoms with Crippen molar-refractivity contribution in [3.05, 3.63) is 64.2 Å². The zero-order chi connectivity index (χ0) is 19.8. The predicted octanol–water partition coefficient (Wildman–Crippen LogP) is 4.00. The van der Waals surface area contributed by atoms with Crippen molar-refractivity contribution in [2.45, 2.75) is 37.3 Å². The number of hydrogen-bond donors (Lipinski definition) is 0. The maximum Gasteiger partial charge on any atom is 0.310 e. The van der Waals surface area contributed by atoms with E-state index in [4.69, 9.17) is 4.74 Å². The number of non-ortho nitro benzene ring substituents is 1. The summed E-state index contributed by atoms with van der Waals surface area (Å²) in [5, 5.41) is 11.0. The maximum absolute atomic E-state index is 12.6. The Bertz CT molecular complexity index is 896. The van der Waals surface area contributed by atoms with Crippen LogP contribution in [0, 0.1) is 16.0 Å². The Morgan fingerprint density at radius 3 is 2.57 bits per heavy atom. The summed E-state index contributed by atoms with van der Waals surface area (Å²) in [5.74, 6) is -0.150. The number of nitro groups is 1. The summed E-state index contributed by atoms with van der Waals surface area (Å²) in [5.41, 5.74) is 2.96. The molecule has 2 aromatic rings. The van der Waals surface area contributed by atoms with Crippen molar-refractivity contribution in [3.63, 3.8) is 0 Å². The molecule has 2 heterocycles. The smallest absolute Gasteiger partial charge is 0.310 e. The molecule has 0 unspecified atom stereocenters. The van der Waals surface area contributed by atoms with Crippen LogP contribution in [0.3, 0.4) is 0 Å². The number of methoxy groups -OCH3 is 1. The minimum Gasteiger partial charge on any atom is -0.469 e. The average molecular weight is 380 g/mol. The second kappa shape index (κ2) is 7.36. The molecule has 2 aliphatic rings. The third-order valence-corrected chi connectivity index (χ3v) is 6.47. The Kier molecular flexibility index (Phi) is 4.89. The summed E-state index contributed by atoms with van der Waals surface area (Å²) in [6.45, 7) is 0. The Labute approximate surface area is 164 Å². The number of benzene rings is 2. The van der Waals surface area contributed by atoms with Crippen molar-refractivity contribution in [1.29, 1.82) is 0 Å². The van der Waals surface area contributed by atoms with Gasteiger partial charge in [-0.25, -0.2) is 0 Å². The fourth-order valence-electron chi connectivity index (χ4n) is 4.99. The van der Waals surface area contributed by atoms with Crippen LogP contribution in [0.25, 0.3) is 11.1 Å². The molecule has 4 atom stereocenters. The highest BCUT2D eigenvalue weighted by Gasteiger charge is 2.49. The zero-order valence-electron chi connectivity index (χ0n) is 16.1. The average Bonchev–Trinajstić information content (AvgIpc) is 2.95. The fourth-order valence-corrected chi connectivity index (χ4v) is 4.99. The number of hydrogen-bond acceptors (Lipinski definition) is 5. The second-order valence-corrected chi connectivity index (χ2v) is 7.78. The molecule has 0 saturated carbocycles. The highest BCUT2D eigenvalue weighted by molar-refractivity contribution is 5.75. The van der Waals surface area contributed by atoms with Crippen molar-refractivity contribution >= 4 is 11.7 Å². The largest absolute Gasteiger partial charge is 0.469 e. The van der Waals surface area contributed by atoms with Crippen LogP contribution in [0.4, 0.5) is 5.69 Å². The Hall–Kier alpha value is -2.73. The molecular weight excluding hydrogens is 356 g/mol. The van der Waals surface area contributed by atoms with Gasteiger partial charge in [0.1, 0.15) is 0 Å². The number of nitro benzene ring substituents is 1. The number of rotatable bonds is 4. The summed E-state index contributed by atoms with van der Waals surface area (Å²) in [6.07, 6.45) is 3.10. The third kappa shape index (κ3) is 3.18. The van der Waals surface area contributed by atoms with Gasteiger partial charge < -0.3 is 4.74 Å². The van der Waals surface area contributed by atoms with Crippen molar-refractivity contribution in [2.24, 2.45) is 5.92 Å². The highest BCUT2D eigenvalue weighted by atomic mass is 16.6. The fraction of sp³-hybridized carbons (Fsp3) is 0.409. The predicted molar refractivity (Wildman–Crippen MR) is 106 cm³/mol. The van der Waals surface area contributed by atoms with E-state index in [1.165, 1.54) is 13.2 Å². The molecule has 6 nitrogen and oxygen atoms in total. The van der Waals surface area contributed by atoms with Crippen LogP contribution in [0.1, 0.15) is 30.7 Å². The van der Waals surface area contributed by atoms with Crippen molar-refractivity contribution < 1.29 is 14.5 Å². The molecule has 28 heavy (non-hydrogen) atoms. The van der Waals surface area contributed by atoms with Crippen LogP contribution >= 0.6 is 0 Å². The van der Waals surface area contributed by atoms with Crippen molar-refractivity contribution in [2.75, 3.05) is 14.2 Å². The van der Waals surface area contributed by atoms with E-state index in [-0.39, 0.29) is 34.5 Å². The van der Waals surface area contributed by atoms with Crippen LogP contribution in [-0.2, 0) is 9.53 Å². The minimum absolute atomic E-state index is 0.0826. The second-order valence-electron chi connectivity index (χ2n) is 7.78. The molecule has 4 rings (SSSR count). The molecule has 2 fully saturated rings. The summed E-state index contributed by atoms with van der Waals surface area (Å²) < 4.78 is 5.14. The monoisotopic (exact) mass is 380 g/mol.